The number of nitrogens with zero attached hydrogens (tertiary/aromatic N) is 2. The largest absolute Gasteiger partial charge is 0.317 e. The summed E-state index contributed by atoms with van der Waals surface area (Å²) in [6, 6.07) is 56.3. The van der Waals surface area contributed by atoms with E-state index in [9.17, 15) is 0 Å². The third-order valence-corrected chi connectivity index (χ3v) is 11.0. The SMILES string of the molecule is C1=CCC(n2c(-c3ccc4cc(-c5ccc6cc(-c7ccc8ccc9cccc%10ccc7c8c9%10)ccc6c5)ccc4c3)nc3ccccc32)C=C1. The normalized spacial score (nSPS) is 14.6. The van der Waals surface area contributed by atoms with E-state index in [1.807, 2.05) is 0 Å². The molecule has 0 N–H and O–H groups in total. The lowest BCUT2D eigenvalue weighted by molar-refractivity contribution is 0.631. The fourth-order valence-corrected chi connectivity index (χ4v) is 8.49. The summed E-state index contributed by atoms with van der Waals surface area (Å²) in [5, 5.41) is 12.9. The van der Waals surface area contributed by atoms with Crippen LogP contribution < -0.4 is 0 Å². The van der Waals surface area contributed by atoms with E-state index in [0.29, 0.717) is 0 Å². The summed E-state index contributed by atoms with van der Waals surface area (Å²) < 4.78 is 2.40. The quantitative estimate of drug-likeness (QED) is 0.174. The number of hydrogen-bond acceptors (Lipinski definition) is 1. The maximum Gasteiger partial charge on any atom is 0.141 e. The van der Waals surface area contributed by atoms with Gasteiger partial charge in [-0.3, -0.25) is 0 Å². The first kappa shape index (κ1) is 28.3. The van der Waals surface area contributed by atoms with E-state index < -0.39 is 0 Å². The zero-order valence-electron chi connectivity index (χ0n) is 27.9. The predicted octanol–water partition coefficient (Wildman–Crippen LogP) is 13.3. The van der Waals surface area contributed by atoms with Gasteiger partial charge in [0, 0.05) is 5.56 Å². The number of hydrogen-bond donors (Lipinski definition) is 0. The average molecular weight is 649 g/mol. The van der Waals surface area contributed by atoms with Gasteiger partial charge in [0.2, 0.25) is 0 Å². The summed E-state index contributed by atoms with van der Waals surface area (Å²) in [5.41, 5.74) is 8.32. The van der Waals surface area contributed by atoms with Crippen molar-refractivity contribution < 1.29 is 0 Å². The molecule has 51 heavy (non-hydrogen) atoms. The molecule has 11 rings (SSSR count). The van der Waals surface area contributed by atoms with Gasteiger partial charge in [-0.2, -0.15) is 0 Å². The lowest BCUT2D eigenvalue weighted by Gasteiger charge is -2.19. The highest BCUT2D eigenvalue weighted by atomic mass is 15.1. The standard InChI is InChI=1S/C49H32N2/c1-2-9-42(10-3-1)51-46-12-5-4-11-45(46)50-49(51)41-22-20-37-28-35(16-18-39(37)30-41)34-15-17-38-29-40(21-19-36(38)27-34)43-25-23-33-14-13-31-7-6-8-32-24-26-44(43)48(33)47(31)32/h1-9,11-30,42H,10H2. The number of imidazole rings is 1. The Kier molecular flexibility index (Phi) is 6.11. The molecule has 1 aliphatic rings. The molecule has 1 heterocycles. The minimum atomic E-state index is 0.250. The van der Waals surface area contributed by atoms with Gasteiger partial charge in [0.25, 0.3) is 0 Å². The second kappa shape index (κ2) is 11.0. The van der Waals surface area contributed by atoms with Gasteiger partial charge >= 0.3 is 0 Å². The molecule has 1 atom stereocenters. The molecular weight excluding hydrogens is 617 g/mol. The van der Waals surface area contributed by atoms with E-state index in [-0.39, 0.29) is 6.04 Å². The van der Waals surface area contributed by atoms with Gasteiger partial charge in [-0.05, 0) is 119 Å². The van der Waals surface area contributed by atoms with Gasteiger partial charge in [0.05, 0.1) is 17.1 Å². The van der Waals surface area contributed by atoms with Crippen LogP contribution in [0.1, 0.15) is 12.5 Å². The van der Waals surface area contributed by atoms with Crippen molar-refractivity contribution >= 4 is 64.9 Å². The lowest BCUT2D eigenvalue weighted by atomic mass is 9.89. The number of aromatic nitrogens is 2. The van der Waals surface area contributed by atoms with Crippen LogP contribution in [0.4, 0.5) is 0 Å². The molecule has 10 aromatic rings. The number of para-hydroxylation sites is 2. The average Bonchev–Trinajstić information content (AvgIpc) is 3.59. The molecule has 2 heteroatoms. The Morgan fingerprint density at radius 1 is 0.471 bits per heavy atom. The van der Waals surface area contributed by atoms with Crippen LogP contribution in [0.2, 0.25) is 0 Å². The second-order valence-electron chi connectivity index (χ2n) is 13.9. The summed E-state index contributed by atoms with van der Waals surface area (Å²) in [6.07, 6.45) is 9.76. The van der Waals surface area contributed by atoms with Crippen molar-refractivity contribution in [3.8, 4) is 33.6 Å². The van der Waals surface area contributed by atoms with Crippen LogP contribution in [0.5, 0.6) is 0 Å². The van der Waals surface area contributed by atoms with Crippen LogP contribution in [0, 0.1) is 0 Å². The molecule has 1 aliphatic carbocycles. The van der Waals surface area contributed by atoms with Gasteiger partial charge in [-0.15, -0.1) is 0 Å². The second-order valence-corrected chi connectivity index (χ2v) is 13.9. The zero-order chi connectivity index (χ0) is 33.5. The molecule has 0 saturated carbocycles. The Morgan fingerprint density at radius 2 is 1.06 bits per heavy atom. The molecule has 9 aromatic carbocycles. The summed E-state index contributed by atoms with van der Waals surface area (Å²) in [6.45, 7) is 0. The fraction of sp³-hybridized carbons (Fsp3) is 0.0408. The van der Waals surface area contributed by atoms with Crippen molar-refractivity contribution in [2.45, 2.75) is 12.5 Å². The first-order chi connectivity index (χ1) is 25.2. The third-order valence-electron chi connectivity index (χ3n) is 11.0. The van der Waals surface area contributed by atoms with Crippen LogP contribution in [-0.4, -0.2) is 9.55 Å². The molecule has 1 unspecified atom stereocenters. The molecule has 238 valence electrons. The van der Waals surface area contributed by atoms with E-state index in [0.717, 1.165) is 23.3 Å². The Hall–Kier alpha value is -6.51. The number of benzene rings is 9. The van der Waals surface area contributed by atoms with E-state index in [1.165, 1.54) is 81.6 Å². The van der Waals surface area contributed by atoms with Crippen molar-refractivity contribution in [1.82, 2.24) is 9.55 Å². The third kappa shape index (κ3) is 4.46. The van der Waals surface area contributed by atoms with Gasteiger partial charge in [0.15, 0.2) is 0 Å². The minimum absolute atomic E-state index is 0.250. The van der Waals surface area contributed by atoms with Crippen molar-refractivity contribution in [2.24, 2.45) is 0 Å². The maximum atomic E-state index is 5.12. The monoisotopic (exact) mass is 648 g/mol. The molecule has 0 saturated heterocycles. The van der Waals surface area contributed by atoms with Gasteiger partial charge in [-0.1, -0.05) is 140 Å². The van der Waals surface area contributed by atoms with Crippen LogP contribution in [-0.2, 0) is 0 Å². The first-order valence-electron chi connectivity index (χ1n) is 17.8. The Bertz CT molecular complexity index is 3050. The van der Waals surface area contributed by atoms with Crippen molar-refractivity contribution in [3.63, 3.8) is 0 Å². The molecule has 1 aromatic heterocycles. The van der Waals surface area contributed by atoms with Gasteiger partial charge in [-0.25, -0.2) is 4.98 Å². The highest BCUT2D eigenvalue weighted by Crippen LogP contribution is 2.40. The maximum absolute atomic E-state index is 5.12. The summed E-state index contributed by atoms with van der Waals surface area (Å²) in [5.74, 6) is 1.02. The molecule has 0 amide bonds. The molecular formula is C49H32N2. The van der Waals surface area contributed by atoms with Crippen molar-refractivity contribution in [3.05, 3.63) is 176 Å². The highest BCUT2D eigenvalue weighted by molar-refractivity contribution is 6.25. The predicted molar refractivity (Wildman–Crippen MR) is 217 cm³/mol. The molecule has 0 fully saturated rings. The van der Waals surface area contributed by atoms with Crippen LogP contribution in [0.3, 0.4) is 0 Å². The molecule has 0 bridgehead atoms. The van der Waals surface area contributed by atoms with Crippen molar-refractivity contribution in [1.29, 1.82) is 0 Å². The Balaban J connectivity index is 0.949. The molecule has 0 radical (unpaired) electrons. The zero-order valence-corrected chi connectivity index (χ0v) is 27.9. The van der Waals surface area contributed by atoms with Crippen LogP contribution in [0.15, 0.2) is 176 Å². The molecule has 0 spiro atoms. The number of allylic oxidation sites excluding steroid dienone is 4. The lowest BCUT2D eigenvalue weighted by Crippen LogP contribution is -2.08. The van der Waals surface area contributed by atoms with E-state index in [1.54, 1.807) is 0 Å². The van der Waals surface area contributed by atoms with Gasteiger partial charge < -0.3 is 4.57 Å². The minimum Gasteiger partial charge on any atom is -0.317 e. The Labute approximate surface area is 295 Å². The summed E-state index contributed by atoms with van der Waals surface area (Å²) in [7, 11) is 0. The van der Waals surface area contributed by atoms with E-state index >= 15 is 0 Å². The van der Waals surface area contributed by atoms with E-state index in [4.69, 9.17) is 4.98 Å². The number of fused-ring (bicyclic) bond motifs is 3. The molecule has 0 aliphatic heterocycles. The van der Waals surface area contributed by atoms with Crippen LogP contribution >= 0.6 is 0 Å². The van der Waals surface area contributed by atoms with Crippen molar-refractivity contribution in [2.75, 3.05) is 0 Å². The summed E-state index contributed by atoms with van der Waals surface area (Å²) in [4.78, 5) is 5.12. The first-order valence-corrected chi connectivity index (χ1v) is 17.8. The molecule has 2 nitrogen and oxygen atoms in total. The van der Waals surface area contributed by atoms with Gasteiger partial charge in [0.1, 0.15) is 5.82 Å². The number of rotatable bonds is 4. The van der Waals surface area contributed by atoms with E-state index in [2.05, 4.69) is 181 Å². The summed E-state index contributed by atoms with van der Waals surface area (Å²) >= 11 is 0. The smallest absolute Gasteiger partial charge is 0.141 e. The van der Waals surface area contributed by atoms with Crippen LogP contribution in [0.25, 0.3) is 98.5 Å². The Morgan fingerprint density at radius 3 is 1.78 bits per heavy atom. The topological polar surface area (TPSA) is 17.8 Å². The highest BCUT2D eigenvalue weighted by Gasteiger charge is 2.19. The fourth-order valence-electron chi connectivity index (χ4n) is 8.49.